The summed E-state index contributed by atoms with van der Waals surface area (Å²) in [6, 6.07) is 3.52. The van der Waals surface area contributed by atoms with Gasteiger partial charge >= 0.3 is 11.7 Å². The number of nitrogens with zero attached hydrogens (tertiary/aromatic N) is 1. The molecule has 0 fully saturated rings. The van der Waals surface area contributed by atoms with Crippen molar-refractivity contribution in [2.24, 2.45) is 7.05 Å². The van der Waals surface area contributed by atoms with E-state index in [1.165, 1.54) is 11.6 Å². The summed E-state index contributed by atoms with van der Waals surface area (Å²) in [4.78, 5) is 37.9. The Labute approximate surface area is 133 Å². The molecule has 0 radical (unpaired) electrons. The normalized spacial score (nSPS) is 16.7. The number of H-pyrrole nitrogens is 1. The first-order valence-corrected chi connectivity index (χ1v) is 6.99. The van der Waals surface area contributed by atoms with Crippen molar-refractivity contribution in [3.8, 4) is 0 Å². The summed E-state index contributed by atoms with van der Waals surface area (Å²) in [6.45, 7) is 0. The van der Waals surface area contributed by atoms with Crippen LogP contribution in [-0.4, -0.2) is 15.6 Å². The fraction of sp³-hybridized carbons (Fsp3) is 0.154. The minimum Gasteiger partial charge on any atom is -0.327 e. The van der Waals surface area contributed by atoms with Crippen LogP contribution < -0.4 is 21.9 Å². The predicted molar refractivity (Wildman–Crippen MR) is 82.8 cm³/mol. The third kappa shape index (κ3) is 2.28. The second-order valence-corrected chi connectivity index (χ2v) is 5.60. The molecule has 7 nitrogen and oxygen atoms in total. The number of urea groups is 1. The summed E-state index contributed by atoms with van der Waals surface area (Å²) in [6.07, 6.45) is 0. The van der Waals surface area contributed by atoms with Crippen LogP contribution in [0.5, 0.6) is 0 Å². The van der Waals surface area contributed by atoms with Gasteiger partial charge in [-0.05, 0) is 17.7 Å². The maximum absolute atomic E-state index is 12.2. The maximum atomic E-state index is 12.2. The van der Waals surface area contributed by atoms with Crippen LogP contribution >= 0.6 is 23.2 Å². The summed E-state index contributed by atoms with van der Waals surface area (Å²) in [5, 5.41) is 5.77. The van der Waals surface area contributed by atoms with Gasteiger partial charge in [0, 0.05) is 7.05 Å². The first-order chi connectivity index (χ1) is 10.4. The highest BCUT2D eigenvalue weighted by Crippen LogP contribution is 2.31. The van der Waals surface area contributed by atoms with Crippen LogP contribution in [-0.2, 0) is 7.05 Å². The van der Waals surface area contributed by atoms with Gasteiger partial charge in [0.25, 0.3) is 5.56 Å². The van der Waals surface area contributed by atoms with Gasteiger partial charge in [-0.2, -0.15) is 0 Å². The van der Waals surface area contributed by atoms with E-state index in [0.29, 0.717) is 15.6 Å². The van der Waals surface area contributed by atoms with Gasteiger partial charge in [-0.3, -0.25) is 19.7 Å². The molecule has 0 saturated heterocycles. The fourth-order valence-electron chi connectivity index (χ4n) is 2.35. The molecule has 3 rings (SSSR count). The molecular formula is C13H10Cl2N4O3. The smallest absolute Gasteiger partial charge is 0.327 e. The van der Waals surface area contributed by atoms with Crippen LogP contribution in [0, 0.1) is 0 Å². The van der Waals surface area contributed by atoms with Crippen molar-refractivity contribution in [3.63, 3.8) is 0 Å². The third-order valence-electron chi connectivity index (χ3n) is 3.43. The van der Waals surface area contributed by atoms with E-state index in [-0.39, 0.29) is 11.4 Å². The number of carbonyl (C=O) groups excluding carboxylic acids is 1. The van der Waals surface area contributed by atoms with Crippen LogP contribution in [0.2, 0.25) is 10.0 Å². The van der Waals surface area contributed by atoms with E-state index in [4.69, 9.17) is 23.2 Å². The minimum absolute atomic E-state index is 0.147. The molecule has 2 aromatic rings. The van der Waals surface area contributed by atoms with Gasteiger partial charge in [0.2, 0.25) is 0 Å². The highest BCUT2D eigenvalue weighted by molar-refractivity contribution is 6.42. The molecule has 9 heteroatoms. The molecule has 114 valence electrons. The van der Waals surface area contributed by atoms with Crippen molar-refractivity contribution in [2.75, 3.05) is 5.32 Å². The van der Waals surface area contributed by atoms with Crippen molar-refractivity contribution in [2.45, 2.75) is 6.04 Å². The summed E-state index contributed by atoms with van der Waals surface area (Å²) in [7, 11) is 1.45. The van der Waals surface area contributed by atoms with E-state index in [9.17, 15) is 14.4 Å². The Bertz CT molecular complexity index is 903. The molecule has 0 saturated carbocycles. The Kier molecular flexibility index (Phi) is 3.46. The average Bonchev–Trinajstić information content (AvgIpc) is 2.46. The number of rotatable bonds is 1. The van der Waals surface area contributed by atoms with Gasteiger partial charge in [-0.15, -0.1) is 0 Å². The number of hydrogen-bond acceptors (Lipinski definition) is 3. The van der Waals surface area contributed by atoms with Crippen molar-refractivity contribution in [3.05, 3.63) is 60.2 Å². The number of nitrogens with one attached hydrogen (secondary N) is 3. The molecule has 3 N–H and O–H groups in total. The van der Waals surface area contributed by atoms with Crippen LogP contribution in [0.1, 0.15) is 17.2 Å². The predicted octanol–water partition coefficient (Wildman–Crippen LogP) is 1.60. The lowest BCUT2D eigenvalue weighted by atomic mass is 9.98. The number of fused-ring (bicyclic) bond motifs is 1. The quantitative estimate of drug-likeness (QED) is 0.735. The number of aromatic nitrogens is 2. The molecule has 1 aromatic heterocycles. The van der Waals surface area contributed by atoms with Crippen LogP contribution in [0.25, 0.3) is 0 Å². The number of benzene rings is 1. The Morgan fingerprint density at radius 3 is 2.55 bits per heavy atom. The van der Waals surface area contributed by atoms with E-state index in [1.807, 2.05) is 0 Å². The van der Waals surface area contributed by atoms with Gasteiger partial charge in [0.05, 0.1) is 21.7 Å². The van der Waals surface area contributed by atoms with Crippen LogP contribution in [0.15, 0.2) is 27.8 Å². The van der Waals surface area contributed by atoms with Gasteiger partial charge in [0.15, 0.2) is 0 Å². The molecule has 1 unspecified atom stereocenters. The summed E-state index contributed by atoms with van der Waals surface area (Å²) in [5.74, 6) is 0.147. The SMILES string of the molecule is Cn1c2c(c(=O)[nH]c1=O)C(c1ccc(Cl)c(Cl)c1)NC(=O)N2. The zero-order chi connectivity index (χ0) is 16.0. The number of amides is 2. The van der Waals surface area contributed by atoms with E-state index < -0.39 is 23.3 Å². The number of halogens is 2. The maximum Gasteiger partial charge on any atom is 0.329 e. The van der Waals surface area contributed by atoms with Crippen LogP contribution in [0.3, 0.4) is 0 Å². The molecule has 2 heterocycles. The molecule has 1 aliphatic heterocycles. The first kappa shape index (κ1) is 14.7. The topological polar surface area (TPSA) is 96.0 Å². The van der Waals surface area contributed by atoms with Crippen molar-refractivity contribution < 1.29 is 4.79 Å². The molecule has 0 aliphatic carbocycles. The highest BCUT2D eigenvalue weighted by Gasteiger charge is 2.30. The van der Waals surface area contributed by atoms with Crippen molar-refractivity contribution in [1.29, 1.82) is 0 Å². The molecule has 22 heavy (non-hydrogen) atoms. The average molecular weight is 341 g/mol. The molecule has 1 aliphatic rings. The molecule has 0 bridgehead atoms. The molecule has 1 atom stereocenters. The van der Waals surface area contributed by atoms with E-state index in [1.54, 1.807) is 18.2 Å². The number of aromatic amines is 1. The molecule has 1 aromatic carbocycles. The van der Waals surface area contributed by atoms with Gasteiger partial charge in [-0.25, -0.2) is 9.59 Å². The zero-order valence-corrected chi connectivity index (χ0v) is 12.7. The standard InChI is InChI=1S/C13H10Cl2N4O3/c1-19-10-8(11(20)18-13(19)22)9(16-12(21)17-10)5-2-3-6(14)7(15)4-5/h2-4,9H,1H3,(H2,16,17,21)(H,18,20,22). The second kappa shape index (κ2) is 5.19. The van der Waals surface area contributed by atoms with Gasteiger partial charge in [0.1, 0.15) is 5.82 Å². The molecule has 0 spiro atoms. The lowest BCUT2D eigenvalue weighted by Crippen LogP contribution is -2.46. The van der Waals surface area contributed by atoms with E-state index >= 15 is 0 Å². The third-order valence-corrected chi connectivity index (χ3v) is 4.17. The lowest BCUT2D eigenvalue weighted by Gasteiger charge is -2.27. The first-order valence-electron chi connectivity index (χ1n) is 6.24. The molecule has 2 amide bonds. The highest BCUT2D eigenvalue weighted by atomic mass is 35.5. The second-order valence-electron chi connectivity index (χ2n) is 4.79. The van der Waals surface area contributed by atoms with Crippen molar-refractivity contribution >= 4 is 35.1 Å². The van der Waals surface area contributed by atoms with E-state index in [2.05, 4.69) is 15.6 Å². The minimum atomic E-state index is -0.742. The summed E-state index contributed by atoms with van der Waals surface area (Å²) in [5.41, 5.74) is -0.393. The summed E-state index contributed by atoms with van der Waals surface area (Å²) < 4.78 is 1.17. The van der Waals surface area contributed by atoms with Crippen LogP contribution in [0.4, 0.5) is 10.6 Å². The lowest BCUT2D eigenvalue weighted by molar-refractivity contribution is 0.248. The van der Waals surface area contributed by atoms with Gasteiger partial charge < -0.3 is 5.32 Å². The Balaban J connectivity index is 2.26. The Morgan fingerprint density at radius 1 is 1.14 bits per heavy atom. The largest absolute Gasteiger partial charge is 0.329 e. The Morgan fingerprint density at radius 2 is 1.86 bits per heavy atom. The van der Waals surface area contributed by atoms with Crippen molar-refractivity contribution in [1.82, 2.24) is 14.9 Å². The van der Waals surface area contributed by atoms with Gasteiger partial charge in [-0.1, -0.05) is 29.3 Å². The monoisotopic (exact) mass is 340 g/mol. The Hall–Kier alpha value is -2.25. The van der Waals surface area contributed by atoms with E-state index in [0.717, 1.165) is 0 Å². The number of hydrogen-bond donors (Lipinski definition) is 3. The number of anilines is 1. The molecular weight excluding hydrogens is 331 g/mol. The fourth-order valence-corrected chi connectivity index (χ4v) is 2.65. The number of carbonyl (C=O) groups is 1. The summed E-state index contributed by atoms with van der Waals surface area (Å²) >= 11 is 11.9. The zero-order valence-electron chi connectivity index (χ0n) is 11.2.